The molecule has 2 saturated carbocycles. The molecule has 17 heavy (non-hydrogen) atoms. The molecular formula is C14H21N3. The van der Waals surface area contributed by atoms with E-state index in [2.05, 4.69) is 28.2 Å². The second-order valence-corrected chi connectivity index (χ2v) is 5.16. The van der Waals surface area contributed by atoms with Crippen molar-refractivity contribution in [2.45, 2.75) is 51.2 Å². The molecule has 1 N–H and O–H groups in total. The van der Waals surface area contributed by atoms with Gasteiger partial charge in [-0.3, -0.25) is 0 Å². The van der Waals surface area contributed by atoms with Crippen LogP contribution in [0.3, 0.4) is 0 Å². The van der Waals surface area contributed by atoms with Crippen LogP contribution in [0.2, 0.25) is 0 Å². The van der Waals surface area contributed by atoms with Crippen LogP contribution in [0.4, 0.5) is 5.82 Å². The molecule has 3 heteroatoms. The molecule has 0 spiro atoms. The molecule has 0 unspecified atom stereocenters. The van der Waals surface area contributed by atoms with Crippen molar-refractivity contribution < 1.29 is 0 Å². The van der Waals surface area contributed by atoms with Crippen molar-refractivity contribution in [1.29, 1.82) is 0 Å². The summed E-state index contributed by atoms with van der Waals surface area (Å²) in [5, 5.41) is 3.58. The van der Waals surface area contributed by atoms with E-state index < -0.39 is 0 Å². The Morgan fingerprint density at radius 3 is 2.82 bits per heavy atom. The lowest BCUT2D eigenvalue weighted by Gasteiger charge is -2.24. The van der Waals surface area contributed by atoms with Gasteiger partial charge in [-0.2, -0.15) is 0 Å². The van der Waals surface area contributed by atoms with Crippen molar-refractivity contribution in [2.75, 3.05) is 11.4 Å². The van der Waals surface area contributed by atoms with Crippen LogP contribution in [0.15, 0.2) is 18.3 Å². The van der Waals surface area contributed by atoms with Gasteiger partial charge in [0.2, 0.25) is 0 Å². The smallest absolute Gasteiger partial charge is 0.133 e. The summed E-state index contributed by atoms with van der Waals surface area (Å²) in [4.78, 5) is 7.06. The fourth-order valence-corrected chi connectivity index (χ4v) is 2.34. The molecule has 0 atom stereocenters. The number of pyridine rings is 1. The number of anilines is 1. The second kappa shape index (κ2) is 4.65. The van der Waals surface area contributed by atoms with Crippen molar-refractivity contribution in [1.82, 2.24) is 10.3 Å². The summed E-state index contributed by atoms with van der Waals surface area (Å²) in [6.07, 6.45) is 7.27. The molecule has 0 bridgehead atoms. The minimum Gasteiger partial charge on any atom is -0.354 e. The van der Waals surface area contributed by atoms with E-state index in [1.165, 1.54) is 37.1 Å². The van der Waals surface area contributed by atoms with Crippen LogP contribution in [0.1, 0.15) is 38.2 Å². The van der Waals surface area contributed by atoms with E-state index in [0.29, 0.717) is 0 Å². The van der Waals surface area contributed by atoms with E-state index in [9.17, 15) is 0 Å². The summed E-state index contributed by atoms with van der Waals surface area (Å²) in [7, 11) is 0. The highest BCUT2D eigenvalue weighted by Crippen LogP contribution is 2.32. The monoisotopic (exact) mass is 231 g/mol. The summed E-state index contributed by atoms with van der Waals surface area (Å²) in [5.41, 5.74) is 1.35. The van der Waals surface area contributed by atoms with E-state index in [1.807, 2.05) is 12.3 Å². The first-order valence-corrected chi connectivity index (χ1v) is 6.82. The van der Waals surface area contributed by atoms with E-state index in [1.54, 1.807) is 0 Å². The Morgan fingerprint density at radius 2 is 2.18 bits per heavy atom. The van der Waals surface area contributed by atoms with Gasteiger partial charge in [0.05, 0.1) is 0 Å². The number of hydrogen-bond acceptors (Lipinski definition) is 3. The first kappa shape index (κ1) is 11.0. The zero-order chi connectivity index (χ0) is 11.7. The van der Waals surface area contributed by atoms with Gasteiger partial charge >= 0.3 is 0 Å². The molecule has 1 aromatic rings. The average molecular weight is 231 g/mol. The highest BCUT2D eigenvalue weighted by molar-refractivity contribution is 5.48. The Kier molecular flexibility index (Phi) is 3.02. The van der Waals surface area contributed by atoms with Gasteiger partial charge < -0.3 is 10.2 Å². The summed E-state index contributed by atoms with van der Waals surface area (Å²) in [6, 6.07) is 5.77. The van der Waals surface area contributed by atoms with Crippen molar-refractivity contribution in [3.05, 3.63) is 23.9 Å². The van der Waals surface area contributed by atoms with Gasteiger partial charge in [-0.15, -0.1) is 0 Å². The maximum absolute atomic E-state index is 4.60. The third kappa shape index (κ3) is 2.60. The van der Waals surface area contributed by atoms with Crippen molar-refractivity contribution in [3.8, 4) is 0 Å². The van der Waals surface area contributed by atoms with Crippen LogP contribution in [0.25, 0.3) is 0 Å². The molecule has 1 aromatic heterocycles. The third-order valence-electron chi connectivity index (χ3n) is 3.63. The standard InChI is InChI=1S/C14H21N3/c1-2-17(13-7-8-13)14-11(4-3-9-15-14)10-16-12-5-6-12/h3-4,9,12-13,16H,2,5-8,10H2,1H3. The highest BCUT2D eigenvalue weighted by Gasteiger charge is 2.30. The SMILES string of the molecule is CCN(c1ncccc1CNC1CC1)C1CC1. The molecular weight excluding hydrogens is 210 g/mol. The lowest BCUT2D eigenvalue weighted by Crippen LogP contribution is -2.28. The zero-order valence-corrected chi connectivity index (χ0v) is 10.5. The topological polar surface area (TPSA) is 28.2 Å². The first-order chi connectivity index (χ1) is 8.38. The minimum atomic E-state index is 0.745. The Morgan fingerprint density at radius 1 is 1.35 bits per heavy atom. The van der Waals surface area contributed by atoms with E-state index >= 15 is 0 Å². The largest absolute Gasteiger partial charge is 0.354 e. The van der Waals surface area contributed by atoms with E-state index in [0.717, 1.165) is 25.2 Å². The van der Waals surface area contributed by atoms with Crippen molar-refractivity contribution in [3.63, 3.8) is 0 Å². The fraction of sp³-hybridized carbons (Fsp3) is 0.643. The Bertz CT molecular complexity index is 383. The zero-order valence-electron chi connectivity index (χ0n) is 10.5. The van der Waals surface area contributed by atoms with Crippen LogP contribution in [0.5, 0.6) is 0 Å². The van der Waals surface area contributed by atoms with Gasteiger partial charge in [0.15, 0.2) is 0 Å². The predicted octanol–water partition coefficient (Wildman–Crippen LogP) is 2.32. The number of nitrogens with one attached hydrogen (secondary N) is 1. The van der Waals surface area contributed by atoms with E-state index in [4.69, 9.17) is 0 Å². The molecule has 92 valence electrons. The number of rotatable bonds is 6. The molecule has 2 aliphatic carbocycles. The molecule has 0 aliphatic heterocycles. The summed E-state index contributed by atoms with van der Waals surface area (Å²) in [5.74, 6) is 1.20. The van der Waals surface area contributed by atoms with Gasteiger partial charge in [-0.25, -0.2) is 4.98 Å². The van der Waals surface area contributed by atoms with Crippen LogP contribution in [-0.4, -0.2) is 23.6 Å². The number of nitrogens with zero attached hydrogens (tertiary/aromatic N) is 2. The molecule has 0 radical (unpaired) electrons. The molecule has 0 aromatic carbocycles. The summed E-state index contributed by atoms with van der Waals surface area (Å²) in [6.45, 7) is 4.26. The van der Waals surface area contributed by atoms with Crippen molar-refractivity contribution in [2.24, 2.45) is 0 Å². The molecule has 3 nitrogen and oxygen atoms in total. The molecule has 2 aliphatic rings. The van der Waals surface area contributed by atoms with Gasteiger partial charge in [0.1, 0.15) is 5.82 Å². The number of aromatic nitrogens is 1. The van der Waals surface area contributed by atoms with Crippen LogP contribution in [-0.2, 0) is 6.54 Å². The van der Waals surface area contributed by atoms with Crippen LogP contribution < -0.4 is 10.2 Å². The van der Waals surface area contributed by atoms with E-state index in [-0.39, 0.29) is 0 Å². The minimum absolute atomic E-state index is 0.745. The quantitative estimate of drug-likeness (QED) is 0.814. The maximum atomic E-state index is 4.60. The van der Waals surface area contributed by atoms with Crippen LogP contribution >= 0.6 is 0 Å². The lowest BCUT2D eigenvalue weighted by molar-refractivity contribution is 0.679. The normalized spacial score (nSPS) is 19.4. The highest BCUT2D eigenvalue weighted by atomic mass is 15.2. The molecule has 2 fully saturated rings. The van der Waals surface area contributed by atoms with Crippen LogP contribution in [0, 0.1) is 0 Å². The summed E-state index contributed by atoms with van der Waals surface area (Å²) >= 11 is 0. The predicted molar refractivity (Wildman–Crippen MR) is 70.1 cm³/mol. The maximum Gasteiger partial charge on any atom is 0.133 e. The molecule has 0 saturated heterocycles. The Labute approximate surface area is 103 Å². The van der Waals surface area contributed by atoms with Gasteiger partial charge in [-0.1, -0.05) is 6.07 Å². The lowest BCUT2D eigenvalue weighted by atomic mass is 10.2. The Balaban J connectivity index is 1.75. The molecule has 3 rings (SSSR count). The molecule has 1 heterocycles. The fourth-order valence-electron chi connectivity index (χ4n) is 2.34. The average Bonchev–Trinajstić information content (AvgIpc) is 3.23. The third-order valence-corrected chi connectivity index (χ3v) is 3.63. The number of hydrogen-bond donors (Lipinski definition) is 1. The van der Waals surface area contributed by atoms with Crippen molar-refractivity contribution >= 4 is 5.82 Å². The van der Waals surface area contributed by atoms with Gasteiger partial charge in [-0.05, 0) is 38.7 Å². The van der Waals surface area contributed by atoms with Gasteiger partial charge in [0.25, 0.3) is 0 Å². The second-order valence-electron chi connectivity index (χ2n) is 5.16. The molecule has 0 amide bonds. The first-order valence-electron chi connectivity index (χ1n) is 6.82. The Hall–Kier alpha value is -1.09. The summed E-state index contributed by atoms with van der Waals surface area (Å²) < 4.78 is 0. The van der Waals surface area contributed by atoms with Gasteiger partial charge in [0, 0.05) is 36.9 Å².